The van der Waals surface area contributed by atoms with Crippen molar-refractivity contribution in [3.05, 3.63) is 107 Å². The number of methoxy groups -OCH3 is 1. The minimum atomic E-state index is -0.760. The Kier molecular flexibility index (Phi) is 6.68. The molecule has 3 heterocycles. The molecule has 6 rings (SSSR count). The zero-order valence-electron chi connectivity index (χ0n) is 21.5. The van der Waals surface area contributed by atoms with Gasteiger partial charge in [-0.05, 0) is 54.6 Å². The average molecular weight is 558 g/mol. The van der Waals surface area contributed by atoms with Crippen molar-refractivity contribution in [2.45, 2.75) is 0 Å². The Morgan fingerprint density at radius 1 is 0.951 bits per heavy atom. The van der Waals surface area contributed by atoms with Crippen molar-refractivity contribution in [3.63, 3.8) is 0 Å². The number of amides is 1. The van der Waals surface area contributed by atoms with E-state index >= 15 is 4.39 Å². The van der Waals surface area contributed by atoms with Gasteiger partial charge in [-0.2, -0.15) is 0 Å². The summed E-state index contributed by atoms with van der Waals surface area (Å²) >= 11 is 0. The predicted octanol–water partition coefficient (Wildman–Crippen LogP) is 5.49. The summed E-state index contributed by atoms with van der Waals surface area (Å²) in [6.45, 7) is 0.652. The predicted molar refractivity (Wildman–Crippen MR) is 146 cm³/mol. The number of hydrogen-bond donors (Lipinski definition) is 1. The molecule has 0 bridgehead atoms. The van der Waals surface area contributed by atoms with Gasteiger partial charge in [-0.1, -0.05) is 0 Å². The van der Waals surface area contributed by atoms with Gasteiger partial charge >= 0.3 is 0 Å². The lowest BCUT2D eigenvalue weighted by molar-refractivity contribution is 0.102. The number of aromatic nitrogens is 2. The molecule has 1 aliphatic rings. The van der Waals surface area contributed by atoms with Gasteiger partial charge in [0.2, 0.25) is 5.75 Å². The maximum Gasteiger partial charge on any atom is 0.267 e. The van der Waals surface area contributed by atoms with Gasteiger partial charge in [0.05, 0.1) is 18.0 Å². The fourth-order valence-electron chi connectivity index (χ4n) is 4.46. The van der Waals surface area contributed by atoms with Crippen molar-refractivity contribution in [1.29, 1.82) is 0 Å². The number of ether oxygens (including phenoxy) is 4. The molecule has 1 N–H and O–H groups in total. The molecule has 0 fully saturated rings. The molecule has 1 amide bonds. The lowest BCUT2D eigenvalue weighted by Crippen LogP contribution is -2.27. The van der Waals surface area contributed by atoms with E-state index in [-0.39, 0.29) is 22.7 Å². The molecular formula is C30H21F2N3O6. The zero-order chi connectivity index (χ0) is 28.5. The van der Waals surface area contributed by atoms with E-state index in [2.05, 4.69) is 10.3 Å². The first-order valence-corrected chi connectivity index (χ1v) is 12.4. The normalized spacial score (nSPS) is 12.2. The van der Waals surface area contributed by atoms with Crippen LogP contribution >= 0.6 is 0 Å². The molecule has 5 aromatic rings. The third kappa shape index (κ3) is 4.89. The van der Waals surface area contributed by atoms with Crippen LogP contribution in [0.15, 0.2) is 83.9 Å². The van der Waals surface area contributed by atoms with Crippen molar-refractivity contribution in [2.75, 3.05) is 25.6 Å². The number of anilines is 1. The SMILES string of the molecule is COc1cc2nccc(Oc3ccc(NC(=O)c4cccn(-c5ccc(F)cc5)c4=O)cc3F)c2c2c1OCCO2. The molecule has 9 nitrogen and oxygen atoms in total. The molecule has 3 aromatic carbocycles. The molecule has 0 spiro atoms. The summed E-state index contributed by atoms with van der Waals surface area (Å²) in [5.41, 5.74) is 0.201. The molecule has 1 aliphatic heterocycles. The number of pyridine rings is 2. The quantitative estimate of drug-likeness (QED) is 0.295. The summed E-state index contributed by atoms with van der Waals surface area (Å²) in [6, 6.07) is 15.3. The average Bonchev–Trinajstić information content (AvgIpc) is 2.98. The third-order valence-corrected chi connectivity index (χ3v) is 6.37. The Balaban J connectivity index is 1.26. The first-order chi connectivity index (χ1) is 19.9. The number of rotatable bonds is 6. The van der Waals surface area contributed by atoms with Crippen LogP contribution < -0.4 is 29.8 Å². The summed E-state index contributed by atoms with van der Waals surface area (Å²) in [5, 5.41) is 3.02. The number of benzene rings is 3. The van der Waals surface area contributed by atoms with Crippen LogP contribution in [-0.2, 0) is 0 Å². The fourth-order valence-corrected chi connectivity index (χ4v) is 4.46. The molecule has 2 aromatic heterocycles. The number of nitrogens with one attached hydrogen (secondary N) is 1. The van der Waals surface area contributed by atoms with Gasteiger partial charge in [0.25, 0.3) is 11.5 Å². The first-order valence-electron chi connectivity index (χ1n) is 12.4. The van der Waals surface area contributed by atoms with Gasteiger partial charge in [0.15, 0.2) is 23.1 Å². The van der Waals surface area contributed by atoms with Gasteiger partial charge in [0.1, 0.15) is 30.3 Å². The molecule has 0 radical (unpaired) electrons. The van der Waals surface area contributed by atoms with Crippen LogP contribution in [0, 0.1) is 11.6 Å². The monoisotopic (exact) mass is 557 g/mol. The van der Waals surface area contributed by atoms with Gasteiger partial charge in [-0.3, -0.25) is 19.1 Å². The molecule has 11 heteroatoms. The fraction of sp³-hybridized carbons (Fsp3) is 0.100. The molecular weight excluding hydrogens is 536 g/mol. The van der Waals surface area contributed by atoms with Crippen molar-refractivity contribution in [2.24, 2.45) is 0 Å². The van der Waals surface area contributed by atoms with Crippen LogP contribution in [0.4, 0.5) is 14.5 Å². The smallest absolute Gasteiger partial charge is 0.267 e. The lowest BCUT2D eigenvalue weighted by Gasteiger charge is -2.23. The standard InChI is InChI=1S/C30H21F2N3O6/c1-38-25-16-22-26(28-27(25)39-13-14-40-28)24(10-11-33-22)41-23-9-6-18(15-21(23)32)34-29(36)20-3-2-12-35(30(20)37)19-7-4-17(31)5-8-19/h2-12,15-16H,13-14H2,1H3,(H,34,36). The molecule has 206 valence electrons. The molecule has 0 unspecified atom stereocenters. The van der Waals surface area contributed by atoms with E-state index in [1.54, 1.807) is 12.1 Å². The second-order valence-electron chi connectivity index (χ2n) is 8.91. The van der Waals surface area contributed by atoms with Gasteiger partial charge in [-0.15, -0.1) is 0 Å². The Morgan fingerprint density at radius 2 is 1.73 bits per heavy atom. The van der Waals surface area contributed by atoms with Gasteiger partial charge < -0.3 is 24.3 Å². The largest absolute Gasteiger partial charge is 0.493 e. The van der Waals surface area contributed by atoms with Crippen molar-refractivity contribution in [3.8, 4) is 34.4 Å². The van der Waals surface area contributed by atoms with E-state index in [4.69, 9.17) is 18.9 Å². The molecule has 0 atom stereocenters. The minimum Gasteiger partial charge on any atom is -0.493 e. The van der Waals surface area contributed by atoms with Crippen LogP contribution in [0.1, 0.15) is 10.4 Å². The van der Waals surface area contributed by atoms with Crippen LogP contribution in [0.3, 0.4) is 0 Å². The number of hydrogen-bond acceptors (Lipinski definition) is 7. The van der Waals surface area contributed by atoms with Gasteiger partial charge in [-0.25, -0.2) is 8.78 Å². The number of carbonyl (C=O) groups is 1. The zero-order valence-corrected chi connectivity index (χ0v) is 21.5. The highest BCUT2D eigenvalue weighted by molar-refractivity contribution is 6.04. The van der Waals surface area contributed by atoms with E-state index in [0.717, 1.165) is 6.07 Å². The molecule has 0 aliphatic carbocycles. The highest BCUT2D eigenvalue weighted by Crippen LogP contribution is 2.48. The van der Waals surface area contributed by atoms with Gasteiger partial charge in [0, 0.05) is 35.9 Å². The van der Waals surface area contributed by atoms with Crippen LogP contribution in [0.2, 0.25) is 0 Å². The first kappa shape index (κ1) is 25.8. The second-order valence-corrected chi connectivity index (χ2v) is 8.91. The highest BCUT2D eigenvalue weighted by atomic mass is 19.1. The van der Waals surface area contributed by atoms with E-state index < -0.39 is 23.1 Å². The minimum absolute atomic E-state index is 0.106. The number of halogens is 2. The van der Waals surface area contributed by atoms with Crippen molar-refractivity contribution < 1.29 is 32.5 Å². The third-order valence-electron chi connectivity index (χ3n) is 6.37. The maximum absolute atomic E-state index is 15.2. The number of nitrogens with zero attached hydrogens (tertiary/aromatic N) is 2. The molecule has 0 saturated carbocycles. The summed E-state index contributed by atoms with van der Waals surface area (Å²) in [6.07, 6.45) is 2.98. The molecule has 41 heavy (non-hydrogen) atoms. The Morgan fingerprint density at radius 3 is 2.49 bits per heavy atom. The Hall–Kier alpha value is -5.45. The van der Waals surface area contributed by atoms with E-state index in [9.17, 15) is 14.0 Å². The van der Waals surface area contributed by atoms with Crippen molar-refractivity contribution >= 4 is 22.5 Å². The number of carbonyl (C=O) groups excluding carboxylic acids is 1. The highest BCUT2D eigenvalue weighted by Gasteiger charge is 2.24. The van der Waals surface area contributed by atoms with E-state index in [0.29, 0.717) is 47.1 Å². The Labute approximate surface area is 231 Å². The molecule has 0 saturated heterocycles. The number of fused-ring (bicyclic) bond motifs is 3. The second kappa shape index (κ2) is 10.6. The van der Waals surface area contributed by atoms with E-state index in [1.807, 2.05) is 0 Å². The summed E-state index contributed by atoms with van der Waals surface area (Å²) < 4.78 is 52.6. The van der Waals surface area contributed by atoms with Crippen LogP contribution in [0.25, 0.3) is 16.6 Å². The van der Waals surface area contributed by atoms with Crippen LogP contribution in [0.5, 0.6) is 28.7 Å². The summed E-state index contributed by atoms with van der Waals surface area (Å²) in [7, 11) is 1.51. The summed E-state index contributed by atoms with van der Waals surface area (Å²) in [4.78, 5) is 30.2. The van der Waals surface area contributed by atoms with E-state index in [1.165, 1.54) is 72.6 Å². The van der Waals surface area contributed by atoms with Crippen LogP contribution in [-0.4, -0.2) is 35.8 Å². The summed E-state index contributed by atoms with van der Waals surface area (Å²) in [5.74, 6) is -0.554. The van der Waals surface area contributed by atoms with Crippen molar-refractivity contribution in [1.82, 2.24) is 9.55 Å². The lowest BCUT2D eigenvalue weighted by atomic mass is 10.1. The Bertz CT molecular complexity index is 1860. The maximum atomic E-state index is 15.2. The topological polar surface area (TPSA) is 101 Å².